The number of nitrogen functional groups attached to an aromatic ring is 2. The minimum Gasteiger partial charge on any atom is -0.394 e. The van der Waals surface area contributed by atoms with Crippen LogP contribution in [-0.4, -0.2) is 124 Å². The number of aromatic amines is 2. The van der Waals surface area contributed by atoms with Gasteiger partial charge in [-0.15, -0.1) is 0 Å². The van der Waals surface area contributed by atoms with E-state index in [9.17, 15) is 58.4 Å². The number of phosphoric acid groups is 3. The number of aliphatic hydroxyl groups is 4. The molecule has 280 valence electrons. The molecule has 2 aliphatic heterocycles. The summed E-state index contributed by atoms with van der Waals surface area (Å²) in [5.41, 5.74) is 8.78. The summed E-state index contributed by atoms with van der Waals surface area (Å²) in [4.78, 5) is 74.3. The Labute approximate surface area is 280 Å². The van der Waals surface area contributed by atoms with Gasteiger partial charge in [-0.05, 0) is 0 Å². The third-order valence-corrected chi connectivity index (χ3v) is 11.6. The fraction of sp³-hybridized carbons (Fsp3) is 0.500. The largest absolute Gasteiger partial charge is 0.490 e. The van der Waals surface area contributed by atoms with Gasteiger partial charge >= 0.3 is 23.5 Å². The molecular formula is C20H27N10O18P3. The number of nitrogens with one attached hydrogen (secondary N) is 2. The normalized spacial score (nSPS) is 30.4. The van der Waals surface area contributed by atoms with Crippen LogP contribution < -0.4 is 22.6 Å². The molecule has 28 nitrogen and oxygen atoms in total. The Balaban J connectivity index is 1.09. The lowest BCUT2D eigenvalue weighted by Crippen LogP contribution is -2.35. The molecule has 0 amide bonds. The Morgan fingerprint density at radius 3 is 1.78 bits per heavy atom. The summed E-state index contributed by atoms with van der Waals surface area (Å²) in [7, 11) is -17.7. The summed E-state index contributed by atoms with van der Waals surface area (Å²) in [5.74, 6) is -0.658. The number of hydrogen-bond acceptors (Lipinski definition) is 21. The van der Waals surface area contributed by atoms with Gasteiger partial charge < -0.3 is 56.0 Å². The molecule has 2 fully saturated rings. The minimum absolute atomic E-state index is 0.161. The third-order valence-electron chi connectivity index (χ3n) is 7.35. The summed E-state index contributed by atoms with van der Waals surface area (Å²) in [6.45, 7) is -2.09. The van der Waals surface area contributed by atoms with Gasteiger partial charge in [0.1, 0.15) is 36.6 Å². The summed E-state index contributed by atoms with van der Waals surface area (Å²) in [5, 5.41) is 41.6. The molecule has 6 heterocycles. The minimum atomic E-state index is -6.08. The molecule has 11 atom stereocenters. The Morgan fingerprint density at radius 1 is 0.765 bits per heavy atom. The van der Waals surface area contributed by atoms with E-state index in [0.29, 0.717) is 0 Å². The van der Waals surface area contributed by atoms with Crippen LogP contribution in [0.25, 0.3) is 22.3 Å². The van der Waals surface area contributed by atoms with E-state index in [0.717, 1.165) is 21.8 Å². The highest BCUT2D eigenvalue weighted by Gasteiger charge is 2.52. The van der Waals surface area contributed by atoms with E-state index in [-0.39, 0.29) is 34.2 Å². The van der Waals surface area contributed by atoms with E-state index in [4.69, 9.17) is 25.5 Å². The second-order valence-corrected chi connectivity index (χ2v) is 15.4. The first kappa shape index (κ1) is 37.2. The van der Waals surface area contributed by atoms with Crippen LogP contribution in [0, 0.1) is 0 Å². The van der Waals surface area contributed by atoms with Crippen molar-refractivity contribution < 1.29 is 75.9 Å². The summed E-state index contributed by atoms with van der Waals surface area (Å²) < 4.78 is 68.1. The summed E-state index contributed by atoms with van der Waals surface area (Å²) in [6, 6.07) is 0. The number of fused-ring (bicyclic) bond motifs is 2. The van der Waals surface area contributed by atoms with Gasteiger partial charge in [0, 0.05) is 0 Å². The molecule has 31 heteroatoms. The Hall–Kier alpha value is -3.53. The maximum Gasteiger partial charge on any atom is 0.490 e. The average Bonchev–Trinajstić information content (AvgIpc) is 3.76. The van der Waals surface area contributed by atoms with Crippen molar-refractivity contribution in [2.24, 2.45) is 0 Å². The number of anilines is 2. The zero-order chi connectivity index (χ0) is 37.2. The fourth-order valence-electron chi connectivity index (χ4n) is 5.22. The van der Waals surface area contributed by atoms with Crippen molar-refractivity contribution >= 4 is 57.7 Å². The molecule has 0 spiro atoms. The first-order chi connectivity index (χ1) is 23.8. The van der Waals surface area contributed by atoms with E-state index >= 15 is 0 Å². The molecule has 2 saturated heterocycles. The van der Waals surface area contributed by atoms with Crippen molar-refractivity contribution in [3.05, 3.63) is 33.4 Å². The van der Waals surface area contributed by atoms with E-state index in [1.54, 1.807) is 0 Å². The van der Waals surface area contributed by atoms with Gasteiger partial charge in [-0.3, -0.25) is 37.7 Å². The van der Waals surface area contributed by atoms with Gasteiger partial charge in [0.25, 0.3) is 11.1 Å². The van der Waals surface area contributed by atoms with Crippen LogP contribution in [0.2, 0.25) is 0 Å². The first-order valence-electron chi connectivity index (χ1n) is 13.9. The Morgan fingerprint density at radius 2 is 1.25 bits per heavy atom. The van der Waals surface area contributed by atoms with Crippen molar-refractivity contribution in [3.63, 3.8) is 0 Å². The molecule has 0 bridgehead atoms. The summed E-state index contributed by atoms with van der Waals surface area (Å²) >= 11 is 0. The van der Waals surface area contributed by atoms with Crippen LogP contribution in [0.1, 0.15) is 12.5 Å². The highest BCUT2D eigenvalue weighted by atomic mass is 31.3. The lowest BCUT2D eigenvalue weighted by Gasteiger charge is -2.24. The number of hydrogen-bond donors (Lipinski definition) is 11. The maximum absolute atomic E-state index is 12.7. The number of aromatic nitrogens is 8. The monoisotopic (exact) mass is 788 g/mol. The Bertz CT molecular complexity index is 2230. The molecule has 0 aromatic carbocycles. The van der Waals surface area contributed by atoms with Gasteiger partial charge in [0.2, 0.25) is 11.9 Å². The van der Waals surface area contributed by atoms with Crippen molar-refractivity contribution in [1.29, 1.82) is 0 Å². The molecule has 0 saturated carbocycles. The molecule has 0 aliphatic carbocycles. The number of ether oxygens (including phenoxy) is 2. The first-order valence-corrected chi connectivity index (χ1v) is 18.4. The van der Waals surface area contributed by atoms with Gasteiger partial charge in [-0.1, -0.05) is 0 Å². The number of aliphatic hydroxyl groups excluding tert-OH is 4. The number of rotatable bonds is 12. The predicted octanol–water partition coefficient (Wildman–Crippen LogP) is -3.98. The molecule has 0 radical (unpaired) electrons. The molecule has 3 unspecified atom stereocenters. The predicted molar refractivity (Wildman–Crippen MR) is 161 cm³/mol. The standard InChI is InChI=1S/C20H27N10O18P3/c21-19-25-13-7(15(35)27-19)23-3-29(13)17-10(33)9(32)6(45-17)2-43-49(37,38)47-51(41,42)48-50(39,40)46-12-5(1-31)44-18(11(12)34)30-4-24-8-14(30)26-20(22)28-16(8)36/h3-6,9-12,17-18,31-34H,1-2H2,(H,37,38)(H,39,40)(H,41,42)(H3,21,25,27,35)(H3,22,26,28,36)/t5-,6-,9-,10-,11-,12-,17-,18-/m1/s1. The van der Waals surface area contributed by atoms with Crippen molar-refractivity contribution in [3.8, 4) is 0 Å². The SMILES string of the molecule is Nc1nc2c(ncn2[C@@H]2O[C@H](COP(=O)(O)OP(=O)(O)OP(=O)(O)O[C@H]3[C@@H](O)[C@H](n4cnc5c(=O)[nH]c(N)nc54)O[C@@H]3CO)[C@@H](O)[C@H]2O)c(=O)[nH]1. The van der Waals surface area contributed by atoms with E-state index in [1.807, 2.05) is 0 Å². The molecule has 13 N–H and O–H groups in total. The van der Waals surface area contributed by atoms with Crippen molar-refractivity contribution in [1.82, 2.24) is 39.0 Å². The lowest BCUT2D eigenvalue weighted by molar-refractivity contribution is -0.0510. The zero-order valence-corrected chi connectivity index (χ0v) is 27.7. The van der Waals surface area contributed by atoms with Crippen LogP contribution in [0.4, 0.5) is 11.9 Å². The molecule has 51 heavy (non-hydrogen) atoms. The Kier molecular flexibility index (Phi) is 9.83. The number of nitrogens with zero attached hydrogens (tertiary/aromatic N) is 6. The number of nitrogens with two attached hydrogens (primary N) is 2. The maximum atomic E-state index is 12.7. The number of imidazole rings is 2. The lowest BCUT2D eigenvalue weighted by atomic mass is 10.1. The van der Waals surface area contributed by atoms with Gasteiger partial charge in [-0.2, -0.15) is 18.6 Å². The van der Waals surface area contributed by atoms with Crippen LogP contribution in [-0.2, 0) is 40.8 Å². The second-order valence-electron chi connectivity index (χ2n) is 10.8. The molecule has 2 aliphatic rings. The number of H-pyrrole nitrogens is 2. The smallest absolute Gasteiger partial charge is 0.394 e. The zero-order valence-electron chi connectivity index (χ0n) is 25.0. The van der Waals surface area contributed by atoms with Crippen LogP contribution in [0.5, 0.6) is 0 Å². The average molecular weight is 788 g/mol. The van der Waals surface area contributed by atoms with Gasteiger partial charge in [-0.25, -0.2) is 23.7 Å². The van der Waals surface area contributed by atoms with E-state index < -0.39 is 96.9 Å². The highest BCUT2D eigenvalue weighted by molar-refractivity contribution is 7.66. The van der Waals surface area contributed by atoms with Crippen LogP contribution in [0.3, 0.4) is 0 Å². The van der Waals surface area contributed by atoms with Gasteiger partial charge in [0.05, 0.1) is 25.9 Å². The van der Waals surface area contributed by atoms with E-state index in [1.165, 1.54) is 0 Å². The number of phosphoric ester groups is 2. The van der Waals surface area contributed by atoms with Crippen molar-refractivity contribution in [2.75, 3.05) is 24.7 Å². The fourth-order valence-corrected chi connectivity index (χ4v) is 8.94. The highest BCUT2D eigenvalue weighted by Crippen LogP contribution is 2.68. The molecular weight excluding hydrogens is 761 g/mol. The van der Waals surface area contributed by atoms with Crippen LogP contribution in [0.15, 0.2) is 22.2 Å². The quantitative estimate of drug-likeness (QED) is 0.0610. The van der Waals surface area contributed by atoms with Gasteiger partial charge in [0.15, 0.2) is 34.8 Å². The topological polar surface area (TPSA) is 427 Å². The molecule has 4 aromatic rings. The third kappa shape index (κ3) is 7.40. The molecule has 6 rings (SSSR count). The van der Waals surface area contributed by atoms with Crippen LogP contribution >= 0.6 is 23.5 Å². The van der Waals surface area contributed by atoms with E-state index in [2.05, 4.69) is 43.0 Å². The van der Waals surface area contributed by atoms with Crippen molar-refractivity contribution in [2.45, 2.75) is 49.1 Å². The summed E-state index contributed by atoms with van der Waals surface area (Å²) in [6.07, 6.45) is -11.9. The second kappa shape index (κ2) is 13.5. The molecule has 4 aromatic heterocycles.